The van der Waals surface area contributed by atoms with Crippen molar-refractivity contribution in [1.82, 2.24) is 30.8 Å². The van der Waals surface area contributed by atoms with E-state index < -0.39 is 5.91 Å². The Labute approximate surface area is 238 Å². The third-order valence-corrected chi connectivity index (χ3v) is 7.75. The highest BCUT2D eigenvalue weighted by Gasteiger charge is 2.40. The van der Waals surface area contributed by atoms with Crippen molar-refractivity contribution in [3.8, 4) is 0 Å². The smallest absolute Gasteiger partial charge is 0.317 e. The lowest BCUT2D eigenvalue weighted by Crippen LogP contribution is -2.58. The molecule has 2 aliphatic heterocycles. The fourth-order valence-corrected chi connectivity index (χ4v) is 5.36. The molecule has 1 aromatic heterocycles. The number of nitrogens with two attached hydrogens (primary N) is 2. The number of likely N-dealkylation sites (tertiary alicyclic amines) is 1. The molecule has 14 heteroatoms. The number of urea groups is 1. The Bertz CT molecular complexity index is 1220. The van der Waals surface area contributed by atoms with Crippen LogP contribution in [0.2, 0.25) is 10.0 Å². The summed E-state index contributed by atoms with van der Waals surface area (Å²) < 4.78 is 0.500. The van der Waals surface area contributed by atoms with E-state index in [4.69, 9.17) is 34.7 Å². The monoisotopic (exact) mass is 659 g/mol. The summed E-state index contributed by atoms with van der Waals surface area (Å²) in [5, 5.41) is 10.3. The molecule has 198 valence electrons. The maximum atomic E-state index is 12.7. The standard InChI is InChI=1S/C23H28Cl2IN9O2/c24-14-4-3-13(15(25)10-14)2-1-7-29-22(37)35-8-5-23(6-9-35)12-30-21(34-23)33-20(36)17-19(28)32-18(27)16(11-26)31-17/h3-4,10H,1-2,5-9,11-12H2,(H,29,37)(H4,27,28,32)(H2,30,33,34,36). The van der Waals surface area contributed by atoms with Crippen LogP contribution in [0.1, 0.15) is 41.0 Å². The molecule has 1 aromatic carbocycles. The van der Waals surface area contributed by atoms with Crippen molar-refractivity contribution < 1.29 is 9.59 Å². The Kier molecular flexibility index (Phi) is 8.80. The third-order valence-electron chi connectivity index (χ3n) is 6.44. The Morgan fingerprint density at radius 2 is 1.92 bits per heavy atom. The summed E-state index contributed by atoms with van der Waals surface area (Å²) in [7, 11) is 0. The first-order valence-electron chi connectivity index (χ1n) is 11.8. The highest BCUT2D eigenvalue weighted by atomic mass is 127. The van der Waals surface area contributed by atoms with Crippen LogP contribution in [0.5, 0.6) is 0 Å². The molecule has 0 unspecified atom stereocenters. The number of alkyl halides is 1. The quantitative estimate of drug-likeness (QED) is 0.181. The van der Waals surface area contributed by atoms with Crippen LogP contribution < -0.4 is 27.4 Å². The first-order valence-corrected chi connectivity index (χ1v) is 14.1. The van der Waals surface area contributed by atoms with Gasteiger partial charge in [0.1, 0.15) is 5.82 Å². The highest BCUT2D eigenvalue weighted by Crippen LogP contribution is 2.26. The maximum Gasteiger partial charge on any atom is 0.317 e. The zero-order chi connectivity index (χ0) is 26.6. The van der Waals surface area contributed by atoms with Gasteiger partial charge in [0.05, 0.1) is 17.8 Å². The number of amides is 3. The molecule has 0 saturated carbocycles. The molecule has 0 atom stereocenters. The van der Waals surface area contributed by atoms with Gasteiger partial charge in [-0.3, -0.25) is 15.1 Å². The molecule has 7 N–H and O–H groups in total. The number of nitrogens with zero attached hydrogens (tertiary/aromatic N) is 4. The first-order chi connectivity index (χ1) is 17.7. The minimum absolute atomic E-state index is 0.0103. The SMILES string of the molecule is Nc1nc(N)c(C(=O)NC2=NCC3(CCN(C(=O)NCCCc4ccc(Cl)cc4Cl)CC3)N2)nc1CI. The number of hydrogen-bond donors (Lipinski definition) is 5. The fourth-order valence-electron chi connectivity index (χ4n) is 4.29. The number of halogens is 3. The minimum Gasteiger partial charge on any atom is -0.382 e. The molecule has 3 heterocycles. The molecule has 0 bridgehead atoms. The summed E-state index contributed by atoms with van der Waals surface area (Å²) in [6.45, 7) is 2.21. The van der Waals surface area contributed by atoms with E-state index in [1.165, 1.54) is 0 Å². The second-order valence-corrected chi connectivity index (χ2v) is 10.6. The topological polar surface area (TPSA) is 164 Å². The van der Waals surface area contributed by atoms with E-state index in [-0.39, 0.29) is 28.9 Å². The molecule has 0 radical (unpaired) electrons. The number of carbonyl (C=O) groups is 2. The van der Waals surface area contributed by atoms with Crippen LogP contribution in [-0.4, -0.2) is 64.5 Å². The second-order valence-electron chi connectivity index (χ2n) is 9.01. The van der Waals surface area contributed by atoms with Crippen LogP contribution >= 0.6 is 45.8 Å². The third kappa shape index (κ3) is 6.65. The average Bonchev–Trinajstić information content (AvgIpc) is 3.24. The summed E-state index contributed by atoms with van der Waals surface area (Å²) in [5.41, 5.74) is 12.8. The molecule has 0 aliphatic carbocycles. The zero-order valence-corrected chi connectivity index (χ0v) is 23.7. The molecular formula is C23H28Cl2IN9O2. The summed E-state index contributed by atoms with van der Waals surface area (Å²) in [5.74, 6) is 0.0295. The van der Waals surface area contributed by atoms with Crippen molar-refractivity contribution in [1.29, 1.82) is 0 Å². The Hall–Kier alpha value is -2.58. The highest BCUT2D eigenvalue weighted by molar-refractivity contribution is 14.1. The lowest BCUT2D eigenvalue weighted by molar-refractivity contribution is 0.0971. The molecule has 1 spiro atoms. The lowest BCUT2D eigenvalue weighted by Gasteiger charge is -2.39. The number of piperidine rings is 1. The number of anilines is 2. The van der Waals surface area contributed by atoms with Crippen molar-refractivity contribution in [2.24, 2.45) is 4.99 Å². The Morgan fingerprint density at radius 1 is 1.16 bits per heavy atom. The van der Waals surface area contributed by atoms with Crippen LogP contribution in [-0.2, 0) is 10.8 Å². The van der Waals surface area contributed by atoms with E-state index in [1.807, 2.05) is 12.1 Å². The van der Waals surface area contributed by atoms with E-state index in [9.17, 15) is 9.59 Å². The van der Waals surface area contributed by atoms with Crippen molar-refractivity contribution in [2.45, 2.75) is 35.6 Å². The van der Waals surface area contributed by atoms with Crippen molar-refractivity contribution in [3.63, 3.8) is 0 Å². The van der Waals surface area contributed by atoms with E-state index in [0.29, 0.717) is 65.1 Å². The van der Waals surface area contributed by atoms with Gasteiger partial charge in [-0.1, -0.05) is 51.9 Å². The molecule has 3 amide bonds. The number of aliphatic imine (C=N–C) groups is 1. The number of benzene rings is 1. The van der Waals surface area contributed by atoms with Crippen LogP contribution in [0.4, 0.5) is 16.4 Å². The van der Waals surface area contributed by atoms with E-state index in [2.05, 4.69) is 53.5 Å². The molecule has 1 fully saturated rings. The normalized spacial score (nSPS) is 16.3. The predicted octanol–water partition coefficient (Wildman–Crippen LogP) is 2.75. The van der Waals surface area contributed by atoms with E-state index >= 15 is 0 Å². The van der Waals surface area contributed by atoms with Crippen molar-refractivity contribution >= 4 is 75.3 Å². The van der Waals surface area contributed by atoms with Gasteiger partial charge in [-0.2, -0.15) is 0 Å². The predicted molar refractivity (Wildman–Crippen MR) is 153 cm³/mol. The second kappa shape index (κ2) is 11.9. The average molecular weight is 660 g/mol. The van der Waals surface area contributed by atoms with Gasteiger partial charge in [0, 0.05) is 34.1 Å². The van der Waals surface area contributed by atoms with Gasteiger partial charge in [0.15, 0.2) is 17.5 Å². The molecule has 11 nitrogen and oxygen atoms in total. The van der Waals surface area contributed by atoms with Gasteiger partial charge in [-0.25, -0.2) is 14.8 Å². The van der Waals surface area contributed by atoms with Gasteiger partial charge >= 0.3 is 6.03 Å². The maximum absolute atomic E-state index is 12.7. The van der Waals surface area contributed by atoms with Gasteiger partial charge < -0.3 is 27.0 Å². The van der Waals surface area contributed by atoms with Gasteiger partial charge in [-0.05, 0) is 43.4 Å². The Balaban J connectivity index is 1.21. The molecule has 37 heavy (non-hydrogen) atoms. The summed E-state index contributed by atoms with van der Waals surface area (Å²) in [6.07, 6.45) is 2.92. The van der Waals surface area contributed by atoms with E-state index in [0.717, 1.165) is 18.4 Å². The number of nitrogens with one attached hydrogen (secondary N) is 3. The molecule has 2 aliphatic rings. The van der Waals surface area contributed by atoms with Crippen molar-refractivity contribution in [3.05, 3.63) is 45.2 Å². The number of nitrogen functional groups attached to an aromatic ring is 2. The zero-order valence-electron chi connectivity index (χ0n) is 20.0. The minimum atomic E-state index is -0.504. The lowest BCUT2D eigenvalue weighted by atomic mass is 9.88. The van der Waals surface area contributed by atoms with Crippen LogP contribution in [0.15, 0.2) is 23.2 Å². The number of carbonyl (C=O) groups excluding carboxylic acids is 2. The fraction of sp³-hybridized carbons (Fsp3) is 0.435. The van der Waals surface area contributed by atoms with Crippen LogP contribution in [0, 0.1) is 0 Å². The van der Waals surface area contributed by atoms with Crippen LogP contribution in [0.3, 0.4) is 0 Å². The first kappa shape index (κ1) is 27.5. The molecular weight excluding hydrogens is 632 g/mol. The summed E-state index contributed by atoms with van der Waals surface area (Å²) in [4.78, 5) is 39.9. The molecule has 2 aromatic rings. The van der Waals surface area contributed by atoms with Gasteiger partial charge in [0.2, 0.25) is 0 Å². The summed E-state index contributed by atoms with van der Waals surface area (Å²) >= 11 is 14.2. The largest absolute Gasteiger partial charge is 0.382 e. The molecule has 1 saturated heterocycles. The molecule has 4 rings (SSSR count). The van der Waals surface area contributed by atoms with Gasteiger partial charge in [-0.15, -0.1) is 0 Å². The van der Waals surface area contributed by atoms with Gasteiger partial charge in [0.25, 0.3) is 5.91 Å². The Morgan fingerprint density at radius 3 is 2.62 bits per heavy atom. The number of aromatic nitrogens is 2. The number of hydrogen-bond acceptors (Lipinski definition) is 8. The number of aryl methyl sites for hydroxylation is 1. The van der Waals surface area contributed by atoms with Crippen molar-refractivity contribution in [2.75, 3.05) is 37.6 Å². The number of rotatable bonds is 6. The van der Waals surface area contributed by atoms with E-state index in [1.54, 1.807) is 11.0 Å². The number of guanidine groups is 1. The van der Waals surface area contributed by atoms with Crippen LogP contribution in [0.25, 0.3) is 0 Å². The summed E-state index contributed by atoms with van der Waals surface area (Å²) in [6, 6.07) is 5.35.